The van der Waals surface area contributed by atoms with Crippen molar-refractivity contribution in [2.75, 3.05) is 119 Å². The summed E-state index contributed by atoms with van der Waals surface area (Å²) in [5.74, 6) is 4.97. The monoisotopic (exact) mass is 1040 g/mol. The van der Waals surface area contributed by atoms with Gasteiger partial charge in [0.15, 0.2) is 0 Å². The van der Waals surface area contributed by atoms with E-state index in [1.807, 2.05) is 76.0 Å². The molecule has 2 atom stereocenters. The lowest BCUT2D eigenvalue weighted by Gasteiger charge is -2.40. The minimum absolute atomic E-state index is 0.0932. The highest BCUT2D eigenvalue weighted by molar-refractivity contribution is 8.24. The molecular weight excluding hydrogens is 953 g/mol. The maximum absolute atomic E-state index is 5.63. The zero-order valence-electron chi connectivity index (χ0n) is 42.8. The third-order valence-corrected chi connectivity index (χ3v) is 19.6. The standard InChI is InChI=1S/C51H86N6S8/c1-49(2,3)39-21-23-41-42-24-22-40(50(4,5)6)38-44(42)51(43(41)37-39,25-17-15-19-27-56(29-33-62-45(58)52(7)8)30-34-63-46(59)53(9)10)26-18-16-20-28-57(31-35-64-47(60)54(11)12)32-36-65-48(61)55(13)14/h21-24,37-38,41,43H,15-20,25-36H2,1-14H3. The molecule has 2 aliphatic rings. The first-order valence-corrected chi connectivity index (χ1v) is 29.4. The molecule has 6 nitrogen and oxygen atoms in total. The van der Waals surface area contributed by atoms with Gasteiger partial charge in [-0.1, -0.05) is 200 Å². The number of hydrogen-bond donors (Lipinski definition) is 0. The Morgan fingerprint density at radius 2 is 0.938 bits per heavy atom. The third kappa shape index (κ3) is 19.4. The molecule has 0 saturated carbocycles. The van der Waals surface area contributed by atoms with Gasteiger partial charge in [0, 0.05) is 117 Å². The molecule has 1 aromatic carbocycles. The van der Waals surface area contributed by atoms with Gasteiger partial charge >= 0.3 is 0 Å². The van der Waals surface area contributed by atoms with E-state index in [1.54, 1.807) is 58.2 Å². The molecule has 0 spiro atoms. The van der Waals surface area contributed by atoms with E-state index < -0.39 is 0 Å². The normalized spacial score (nSPS) is 16.6. The van der Waals surface area contributed by atoms with Gasteiger partial charge in [0.2, 0.25) is 0 Å². The second-order valence-electron chi connectivity index (χ2n) is 20.8. The average Bonchev–Trinajstić information content (AvgIpc) is 3.49. The second kappa shape index (κ2) is 28.4. The van der Waals surface area contributed by atoms with Crippen LogP contribution in [0.2, 0.25) is 0 Å². The van der Waals surface area contributed by atoms with Gasteiger partial charge in [-0.15, -0.1) is 0 Å². The Morgan fingerprint density at radius 1 is 0.538 bits per heavy atom. The SMILES string of the molecule is CN(C)C(=S)SCCN(CCCCCC1(CCCCCN(CCSC(=S)N(C)C)CCSC(=S)N(C)C)c2cc(C(C)(C)C)ccc2C2C=CC(C(C)(C)C)=CC21)CCSC(=S)N(C)C. The van der Waals surface area contributed by atoms with Crippen molar-refractivity contribution in [2.24, 2.45) is 11.3 Å². The zero-order valence-corrected chi connectivity index (χ0v) is 49.3. The molecule has 0 aliphatic heterocycles. The summed E-state index contributed by atoms with van der Waals surface area (Å²) in [5, 5.41) is 0. The van der Waals surface area contributed by atoms with E-state index >= 15 is 0 Å². The maximum atomic E-state index is 5.63. The number of rotatable bonds is 24. The van der Waals surface area contributed by atoms with Crippen LogP contribution in [0.1, 0.15) is 116 Å². The molecule has 0 saturated heterocycles. The lowest BCUT2D eigenvalue weighted by atomic mass is 9.63. The summed E-state index contributed by atoms with van der Waals surface area (Å²) in [7, 11) is 16.3. The van der Waals surface area contributed by atoms with Crippen LogP contribution in [0.5, 0.6) is 0 Å². The molecule has 2 aliphatic carbocycles. The van der Waals surface area contributed by atoms with Gasteiger partial charge in [-0.05, 0) is 77.8 Å². The van der Waals surface area contributed by atoms with Crippen molar-refractivity contribution in [2.45, 2.75) is 110 Å². The molecule has 0 radical (unpaired) electrons. The highest BCUT2D eigenvalue weighted by Crippen LogP contribution is 2.59. The second-order valence-corrected chi connectivity index (χ2v) is 27.7. The molecule has 65 heavy (non-hydrogen) atoms. The van der Waals surface area contributed by atoms with E-state index in [1.165, 1.54) is 62.5 Å². The van der Waals surface area contributed by atoms with Gasteiger partial charge in [0.1, 0.15) is 17.3 Å². The summed E-state index contributed by atoms with van der Waals surface area (Å²) >= 11 is 29.7. The molecule has 0 amide bonds. The van der Waals surface area contributed by atoms with Crippen molar-refractivity contribution in [1.29, 1.82) is 0 Å². The lowest BCUT2D eigenvalue weighted by Crippen LogP contribution is -2.34. The molecule has 368 valence electrons. The van der Waals surface area contributed by atoms with Crippen LogP contribution in [0.25, 0.3) is 0 Å². The number of thioether (sulfide) groups is 4. The Bertz CT molecular complexity index is 1630. The van der Waals surface area contributed by atoms with Gasteiger partial charge in [-0.3, -0.25) is 0 Å². The zero-order chi connectivity index (χ0) is 48.5. The summed E-state index contributed by atoms with van der Waals surface area (Å²) < 4.78 is 3.84. The molecule has 0 bridgehead atoms. The Hall–Kier alpha value is -0.420. The number of allylic oxidation sites excluding steroid dienone is 4. The number of nitrogens with zero attached hydrogens (tertiary/aromatic N) is 6. The smallest absolute Gasteiger partial charge is 0.135 e. The predicted molar refractivity (Wildman–Crippen MR) is 315 cm³/mol. The van der Waals surface area contributed by atoms with E-state index in [0.29, 0.717) is 11.8 Å². The summed E-state index contributed by atoms with van der Waals surface area (Å²) in [6.07, 6.45) is 17.6. The van der Waals surface area contributed by atoms with Gasteiger partial charge in [0.05, 0.1) is 0 Å². The van der Waals surface area contributed by atoms with Crippen LogP contribution in [-0.2, 0) is 10.8 Å². The van der Waals surface area contributed by atoms with Crippen LogP contribution < -0.4 is 0 Å². The highest BCUT2D eigenvalue weighted by Gasteiger charge is 2.51. The molecule has 3 rings (SSSR count). The Morgan fingerprint density at radius 3 is 1.29 bits per heavy atom. The number of thiocarbonyl (C=S) groups is 4. The largest absolute Gasteiger partial charge is 0.364 e. The van der Waals surface area contributed by atoms with Crippen molar-refractivity contribution >= 4 is 113 Å². The molecule has 2 unspecified atom stereocenters. The van der Waals surface area contributed by atoms with Crippen LogP contribution in [0, 0.1) is 11.3 Å². The van der Waals surface area contributed by atoms with E-state index in [2.05, 4.69) is 87.8 Å². The Labute approximate surface area is 437 Å². The van der Waals surface area contributed by atoms with Gasteiger partial charge in [-0.2, -0.15) is 0 Å². The van der Waals surface area contributed by atoms with Crippen LogP contribution in [0.4, 0.5) is 0 Å². The fraction of sp³-hybridized carbons (Fsp3) is 0.725. The molecule has 1 aromatic rings. The van der Waals surface area contributed by atoms with Crippen LogP contribution >= 0.6 is 95.9 Å². The quantitative estimate of drug-likeness (QED) is 0.0724. The summed E-state index contributed by atoms with van der Waals surface area (Å²) in [5.41, 5.74) is 6.48. The lowest BCUT2D eigenvalue weighted by molar-refractivity contribution is 0.250. The Kier molecular flexibility index (Phi) is 25.8. The van der Waals surface area contributed by atoms with E-state index in [9.17, 15) is 0 Å². The molecule has 0 N–H and O–H groups in total. The van der Waals surface area contributed by atoms with Gasteiger partial charge < -0.3 is 29.4 Å². The van der Waals surface area contributed by atoms with Crippen molar-refractivity contribution in [3.05, 3.63) is 58.7 Å². The Balaban J connectivity index is 1.85. The summed E-state index contributed by atoms with van der Waals surface area (Å²) in [6.45, 7) is 20.7. The van der Waals surface area contributed by atoms with Gasteiger partial charge in [-0.25, -0.2) is 0 Å². The van der Waals surface area contributed by atoms with Crippen LogP contribution in [-0.4, -0.2) is 165 Å². The number of unbranched alkanes of at least 4 members (excludes halogenated alkanes) is 4. The molecule has 0 fully saturated rings. The molecule has 14 heteroatoms. The summed E-state index contributed by atoms with van der Waals surface area (Å²) in [4.78, 5) is 13.5. The first kappa shape index (κ1) is 58.9. The first-order chi connectivity index (χ1) is 30.5. The maximum Gasteiger partial charge on any atom is 0.135 e. The first-order valence-electron chi connectivity index (χ1n) is 23.8. The van der Waals surface area contributed by atoms with Gasteiger partial charge in [0.25, 0.3) is 0 Å². The van der Waals surface area contributed by atoms with Crippen molar-refractivity contribution < 1.29 is 0 Å². The number of benzene rings is 1. The van der Waals surface area contributed by atoms with Crippen LogP contribution in [0.15, 0.2) is 42.0 Å². The predicted octanol–water partition coefficient (Wildman–Crippen LogP) is 12.5. The average molecular weight is 1040 g/mol. The number of fused-ring (bicyclic) bond motifs is 3. The fourth-order valence-electron chi connectivity index (χ4n) is 8.77. The van der Waals surface area contributed by atoms with Crippen molar-refractivity contribution in [1.82, 2.24) is 29.4 Å². The van der Waals surface area contributed by atoms with E-state index in [-0.39, 0.29) is 16.2 Å². The minimum Gasteiger partial charge on any atom is -0.364 e. The van der Waals surface area contributed by atoms with Crippen molar-refractivity contribution in [3.63, 3.8) is 0 Å². The molecule has 0 aromatic heterocycles. The molecule has 0 heterocycles. The van der Waals surface area contributed by atoms with E-state index in [4.69, 9.17) is 48.9 Å². The van der Waals surface area contributed by atoms with Crippen LogP contribution in [0.3, 0.4) is 0 Å². The minimum atomic E-state index is 0.0932. The molecular formula is C51H86N6S8. The van der Waals surface area contributed by atoms with E-state index in [0.717, 1.165) is 79.6 Å². The highest BCUT2D eigenvalue weighted by atomic mass is 32.2. The fourth-order valence-corrected chi connectivity index (χ4v) is 12.9. The third-order valence-electron chi connectivity index (χ3n) is 12.7. The van der Waals surface area contributed by atoms with Crippen molar-refractivity contribution in [3.8, 4) is 0 Å². The number of hydrogen-bond acceptors (Lipinski definition) is 10. The topological polar surface area (TPSA) is 19.4 Å². The summed E-state index contributed by atoms with van der Waals surface area (Å²) in [6, 6.07) is 7.62.